The van der Waals surface area contributed by atoms with Gasteiger partial charge in [0.15, 0.2) is 11.5 Å². The average Bonchev–Trinajstić information content (AvgIpc) is 3.15. The first-order chi connectivity index (χ1) is 15.6. The van der Waals surface area contributed by atoms with Gasteiger partial charge in [-0.2, -0.15) is 10.4 Å². The summed E-state index contributed by atoms with van der Waals surface area (Å²) in [4.78, 5) is 12.2. The molecule has 1 heterocycles. The molecule has 0 unspecified atom stereocenters. The second kappa shape index (κ2) is 10.9. The molecule has 0 saturated carbocycles. The first-order valence-corrected chi connectivity index (χ1v) is 10.4. The third kappa shape index (κ3) is 5.38. The van der Waals surface area contributed by atoms with Gasteiger partial charge in [-0.05, 0) is 49.1 Å². The van der Waals surface area contributed by atoms with Crippen molar-refractivity contribution in [1.29, 1.82) is 5.26 Å². The van der Waals surface area contributed by atoms with E-state index < -0.39 is 0 Å². The maximum atomic E-state index is 12.2. The number of nitrogens with one attached hydrogen (secondary N) is 1. The monoisotopic (exact) mass is 433 g/mol. The largest absolute Gasteiger partial charge is 0.493 e. The number of carbonyl (C=O) groups is 1. The Labute approximate surface area is 187 Å². The predicted octanol–water partition coefficient (Wildman–Crippen LogP) is 3.02. The average molecular weight is 434 g/mol. The summed E-state index contributed by atoms with van der Waals surface area (Å²) in [6.07, 6.45) is 2.17. The molecule has 0 aliphatic rings. The van der Waals surface area contributed by atoms with Gasteiger partial charge in [0.1, 0.15) is 17.5 Å². The van der Waals surface area contributed by atoms with E-state index in [1.165, 1.54) is 0 Å². The normalized spacial score (nSPS) is 10.4. The summed E-state index contributed by atoms with van der Waals surface area (Å²) < 4.78 is 12.1. The number of rotatable bonds is 10. The zero-order valence-electron chi connectivity index (χ0n) is 18.3. The van der Waals surface area contributed by atoms with Gasteiger partial charge in [-0.15, -0.1) is 0 Å². The van der Waals surface area contributed by atoms with Gasteiger partial charge in [-0.25, -0.2) is 4.68 Å². The van der Waals surface area contributed by atoms with Crippen molar-refractivity contribution in [3.05, 3.63) is 65.4 Å². The van der Waals surface area contributed by atoms with Crippen molar-refractivity contribution in [2.75, 3.05) is 26.5 Å². The molecule has 0 radical (unpaired) electrons. The number of anilines is 1. The van der Waals surface area contributed by atoms with Crippen molar-refractivity contribution >= 4 is 11.7 Å². The molecule has 0 bridgehead atoms. The Bertz CT molecular complexity index is 1100. The number of methoxy groups -OCH3 is 2. The highest BCUT2D eigenvalue weighted by Crippen LogP contribution is 2.28. The van der Waals surface area contributed by atoms with Crippen LogP contribution in [-0.4, -0.2) is 36.5 Å². The van der Waals surface area contributed by atoms with Crippen molar-refractivity contribution in [2.45, 2.75) is 25.7 Å². The number of carbonyl (C=O) groups excluding carboxylic acids is 1. The lowest BCUT2D eigenvalue weighted by molar-refractivity contribution is -0.121. The fourth-order valence-corrected chi connectivity index (χ4v) is 3.41. The molecule has 2 aromatic carbocycles. The number of aromatic nitrogens is 2. The Kier molecular flexibility index (Phi) is 7.70. The molecule has 8 heteroatoms. The Balaban J connectivity index is 1.49. The van der Waals surface area contributed by atoms with Crippen LogP contribution in [0.15, 0.2) is 48.5 Å². The van der Waals surface area contributed by atoms with Crippen molar-refractivity contribution in [3.63, 3.8) is 0 Å². The smallest absolute Gasteiger partial charge is 0.220 e. The lowest BCUT2D eigenvalue weighted by atomic mass is 10.1. The topological polar surface area (TPSA) is 115 Å². The Morgan fingerprint density at radius 1 is 1.12 bits per heavy atom. The summed E-state index contributed by atoms with van der Waals surface area (Å²) in [5, 5.41) is 16.9. The predicted molar refractivity (Wildman–Crippen MR) is 122 cm³/mol. The van der Waals surface area contributed by atoms with Crippen LogP contribution in [0, 0.1) is 11.3 Å². The Morgan fingerprint density at radius 2 is 1.88 bits per heavy atom. The fraction of sp³-hybridized carbons (Fsp3) is 0.292. The molecule has 3 N–H and O–H groups in total. The van der Waals surface area contributed by atoms with Crippen LogP contribution in [0.2, 0.25) is 0 Å². The summed E-state index contributed by atoms with van der Waals surface area (Å²) in [5.41, 5.74) is 8.94. The molecule has 0 spiro atoms. The van der Waals surface area contributed by atoms with Gasteiger partial charge in [-0.3, -0.25) is 4.79 Å². The van der Waals surface area contributed by atoms with E-state index in [2.05, 4.69) is 16.5 Å². The van der Waals surface area contributed by atoms with Gasteiger partial charge >= 0.3 is 0 Å². The number of nitrogen functional groups attached to an aromatic ring is 1. The molecule has 0 aliphatic heterocycles. The third-order valence-electron chi connectivity index (χ3n) is 5.11. The van der Waals surface area contributed by atoms with Gasteiger partial charge in [0.25, 0.3) is 0 Å². The zero-order chi connectivity index (χ0) is 22.9. The fourth-order valence-electron chi connectivity index (χ4n) is 3.41. The number of hydrogen-bond acceptors (Lipinski definition) is 6. The Morgan fingerprint density at radius 3 is 2.56 bits per heavy atom. The molecule has 3 rings (SSSR count). The highest BCUT2D eigenvalue weighted by Gasteiger charge is 2.16. The number of aryl methyl sites for hydroxylation is 2. The van der Waals surface area contributed by atoms with E-state index in [1.807, 2.05) is 48.5 Å². The number of benzene rings is 2. The van der Waals surface area contributed by atoms with Crippen LogP contribution in [0.5, 0.6) is 11.5 Å². The van der Waals surface area contributed by atoms with Gasteiger partial charge in [-0.1, -0.05) is 24.3 Å². The van der Waals surface area contributed by atoms with E-state index in [0.717, 1.165) is 11.3 Å². The number of nitriles is 1. The molecule has 166 valence electrons. The lowest BCUT2D eigenvalue weighted by Crippen LogP contribution is -2.25. The van der Waals surface area contributed by atoms with E-state index in [0.29, 0.717) is 60.8 Å². The maximum absolute atomic E-state index is 12.2. The van der Waals surface area contributed by atoms with E-state index in [9.17, 15) is 10.1 Å². The molecule has 8 nitrogen and oxygen atoms in total. The summed E-state index contributed by atoms with van der Waals surface area (Å²) in [7, 11) is 3.17. The van der Waals surface area contributed by atoms with Crippen LogP contribution in [0.3, 0.4) is 0 Å². The van der Waals surface area contributed by atoms with Gasteiger partial charge in [0, 0.05) is 13.0 Å². The first kappa shape index (κ1) is 22.7. The number of nitrogens with zero attached hydrogens (tertiary/aromatic N) is 3. The number of nitrogens with two attached hydrogens (primary N) is 1. The second-order valence-corrected chi connectivity index (χ2v) is 7.21. The van der Waals surface area contributed by atoms with Crippen LogP contribution in [-0.2, 0) is 17.6 Å². The molecule has 1 aromatic heterocycles. The quantitative estimate of drug-likeness (QED) is 0.475. The van der Waals surface area contributed by atoms with Crippen LogP contribution in [0.4, 0.5) is 5.82 Å². The molecule has 1 amide bonds. The minimum absolute atomic E-state index is 0.0328. The number of para-hydroxylation sites is 1. The zero-order valence-corrected chi connectivity index (χ0v) is 18.3. The standard InChI is InChI=1S/C24H27N5O3/c1-31-21-12-10-17(15-22(21)32-2)11-13-23(30)27-14-6-9-20-19(16-25)24(26)29(28-20)18-7-4-3-5-8-18/h3-5,7-8,10,12,15H,6,9,11,13-14,26H2,1-2H3,(H,27,30). The van der Waals surface area contributed by atoms with Crippen molar-refractivity contribution in [2.24, 2.45) is 0 Å². The van der Waals surface area contributed by atoms with E-state index in [-0.39, 0.29) is 5.91 Å². The minimum Gasteiger partial charge on any atom is -0.493 e. The van der Waals surface area contributed by atoms with Crippen molar-refractivity contribution in [3.8, 4) is 23.3 Å². The lowest BCUT2D eigenvalue weighted by Gasteiger charge is -2.09. The van der Waals surface area contributed by atoms with Gasteiger partial charge < -0.3 is 20.5 Å². The molecule has 32 heavy (non-hydrogen) atoms. The van der Waals surface area contributed by atoms with Gasteiger partial charge in [0.2, 0.25) is 5.91 Å². The number of ether oxygens (including phenoxy) is 2. The van der Waals surface area contributed by atoms with E-state index in [4.69, 9.17) is 15.2 Å². The first-order valence-electron chi connectivity index (χ1n) is 10.4. The molecule has 0 fully saturated rings. The molecule has 0 atom stereocenters. The highest BCUT2D eigenvalue weighted by atomic mass is 16.5. The van der Waals surface area contributed by atoms with Crippen molar-refractivity contribution in [1.82, 2.24) is 15.1 Å². The molecule has 0 aliphatic carbocycles. The Hall–Kier alpha value is -3.99. The molecular weight excluding hydrogens is 406 g/mol. The summed E-state index contributed by atoms with van der Waals surface area (Å²) in [6, 6.07) is 17.2. The van der Waals surface area contributed by atoms with Crippen molar-refractivity contribution < 1.29 is 14.3 Å². The van der Waals surface area contributed by atoms with Crippen LogP contribution < -0.4 is 20.5 Å². The highest BCUT2D eigenvalue weighted by molar-refractivity contribution is 5.76. The SMILES string of the molecule is COc1ccc(CCC(=O)NCCCc2nn(-c3ccccc3)c(N)c2C#N)cc1OC. The molecule has 3 aromatic rings. The minimum atomic E-state index is -0.0328. The number of amides is 1. The van der Waals surface area contributed by atoms with Crippen LogP contribution in [0.25, 0.3) is 5.69 Å². The number of hydrogen-bond donors (Lipinski definition) is 2. The van der Waals surface area contributed by atoms with Gasteiger partial charge in [0.05, 0.1) is 25.6 Å². The molecule has 0 saturated heterocycles. The summed E-state index contributed by atoms with van der Waals surface area (Å²) in [6.45, 7) is 0.494. The van der Waals surface area contributed by atoms with E-state index in [1.54, 1.807) is 18.9 Å². The summed E-state index contributed by atoms with van der Waals surface area (Å²) >= 11 is 0. The third-order valence-corrected chi connectivity index (χ3v) is 5.11. The van der Waals surface area contributed by atoms with Crippen LogP contribution in [0.1, 0.15) is 29.7 Å². The molecular formula is C24H27N5O3. The van der Waals surface area contributed by atoms with E-state index >= 15 is 0 Å². The van der Waals surface area contributed by atoms with Crippen LogP contribution >= 0.6 is 0 Å². The maximum Gasteiger partial charge on any atom is 0.220 e. The second-order valence-electron chi connectivity index (χ2n) is 7.21. The summed E-state index contributed by atoms with van der Waals surface area (Å²) in [5.74, 6) is 1.60.